The van der Waals surface area contributed by atoms with Crippen LogP contribution in [-0.4, -0.2) is 40.1 Å². The van der Waals surface area contributed by atoms with Crippen LogP contribution in [0.4, 0.5) is 5.69 Å². The van der Waals surface area contributed by atoms with E-state index in [4.69, 9.17) is 10.2 Å². The molecule has 1 aromatic rings. The zero-order chi connectivity index (χ0) is 13.8. The molecule has 1 heterocycles. The highest BCUT2D eigenvalue weighted by Gasteiger charge is 2.30. The molecule has 0 atom stereocenters. The van der Waals surface area contributed by atoms with E-state index in [1.165, 1.54) is 6.08 Å². The van der Waals surface area contributed by atoms with E-state index in [2.05, 4.69) is 5.32 Å². The largest absolute Gasteiger partial charge is 0.395 e. The second-order valence-corrected chi connectivity index (χ2v) is 4.06. The number of rotatable bonds is 5. The summed E-state index contributed by atoms with van der Waals surface area (Å²) in [6.45, 7) is -0.382. The number of nitrogens with zero attached hydrogens (tertiary/aromatic N) is 1. The Morgan fingerprint density at radius 3 is 2.68 bits per heavy atom. The fourth-order valence-corrected chi connectivity index (χ4v) is 1.81. The van der Waals surface area contributed by atoms with Gasteiger partial charge in [0.05, 0.1) is 19.8 Å². The Labute approximate surface area is 110 Å². The molecule has 2 rings (SSSR count). The summed E-state index contributed by atoms with van der Waals surface area (Å²) in [6.07, 6.45) is 1.20. The topological polar surface area (TPSA) is 89.9 Å². The van der Waals surface area contributed by atoms with Crippen molar-refractivity contribution in [3.05, 3.63) is 41.6 Å². The van der Waals surface area contributed by atoms with Crippen LogP contribution in [-0.2, 0) is 16.2 Å². The lowest BCUT2D eigenvalue weighted by Gasteiger charge is -2.13. The number of amides is 2. The minimum atomic E-state index is -0.464. The van der Waals surface area contributed by atoms with Crippen LogP contribution in [0.5, 0.6) is 0 Å². The van der Waals surface area contributed by atoms with Gasteiger partial charge in [0.2, 0.25) is 0 Å². The predicted molar refractivity (Wildman–Crippen MR) is 67.9 cm³/mol. The number of hydrogen-bond donors (Lipinski definition) is 3. The molecule has 100 valence electrons. The minimum absolute atomic E-state index is 0.0178. The third-order valence-electron chi connectivity index (χ3n) is 2.72. The van der Waals surface area contributed by atoms with E-state index < -0.39 is 11.8 Å². The number of nitrogens with one attached hydrogen (secondary N) is 1. The molecule has 2 amide bonds. The van der Waals surface area contributed by atoms with Gasteiger partial charge >= 0.3 is 0 Å². The van der Waals surface area contributed by atoms with E-state index in [0.717, 1.165) is 4.90 Å². The third kappa shape index (κ3) is 2.81. The molecule has 6 heteroatoms. The van der Waals surface area contributed by atoms with Crippen molar-refractivity contribution in [2.24, 2.45) is 0 Å². The Kier molecular flexibility index (Phi) is 3.94. The first-order valence-electron chi connectivity index (χ1n) is 5.81. The van der Waals surface area contributed by atoms with Crippen LogP contribution in [0.15, 0.2) is 36.0 Å². The van der Waals surface area contributed by atoms with Crippen molar-refractivity contribution in [3.8, 4) is 0 Å². The minimum Gasteiger partial charge on any atom is -0.395 e. The average molecular weight is 262 g/mol. The number of carbonyl (C=O) groups excluding carboxylic acids is 2. The van der Waals surface area contributed by atoms with Gasteiger partial charge < -0.3 is 15.5 Å². The summed E-state index contributed by atoms with van der Waals surface area (Å²) in [5, 5.41) is 20.7. The van der Waals surface area contributed by atoms with Crippen LogP contribution in [0.2, 0.25) is 0 Å². The monoisotopic (exact) mass is 262 g/mol. The van der Waals surface area contributed by atoms with Crippen molar-refractivity contribution in [2.45, 2.75) is 6.61 Å². The van der Waals surface area contributed by atoms with Gasteiger partial charge in [-0.2, -0.15) is 0 Å². The maximum atomic E-state index is 11.9. The summed E-state index contributed by atoms with van der Waals surface area (Å²) in [6, 6.07) is 6.90. The van der Waals surface area contributed by atoms with Crippen LogP contribution in [0.25, 0.3) is 0 Å². The lowest BCUT2D eigenvalue weighted by molar-refractivity contribution is -0.137. The summed E-state index contributed by atoms with van der Waals surface area (Å²) in [5.41, 5.74) is 1.48. The van der Waals surface area contributed by atoms with Crippen LogP contribution in [0, 0.1) is 0 Å². The molecule has 0 saturated carbocycles. The lowest BCUT2D eigenvalue weighted by Crippen LogP contribution is -2.34. The Morgan fingerprint density at radius 2 is 2.00 bits per heavy atom. The van der Waals surface area contributed by atoms with Crippen LogP contribution >= 0.6 is 0 Å². The molecule has 0 aliphatic carbocycles. The summed E-state index contributed by atoms with van der Waals surface area (Å²) >= 11 is 0. The number of imide groups is 1. The Morgan fingerprint density at radius 1 is 1.21 bits per heavy atom. The van der Waals surface area contributed by atoms with E-state index >= 15 is 0 Å². The molecule has 0 saturated heterocycles. The number of hydrogen-bond acceptors (Lipinski definition) is 5. The SMILES string of the molecule is O=C1C=C(Nc2cccc(CO)c2)C(=O)N1CCO. The molecule has 0 unspecified atom stereocenters. The van der Waals surface area contributed by atoms with Crippen LogP contribution in [0.3, 0.4) is 0 Å². The molecule has 0 spiro atoms. The van der Waals surface area contributed by atoms with Crippen molar-refractivity contribution in [1.29, 1.82) is 0 Å². The Bertz CT molecular complexity index is 539. The number of carbonyl (C=O) groups is 2. The maximum absolute atomic E-state index is 11.9. The van der Waals surface area contributed by atoms with E-state index in [1.807, 2.05) is 0 Å². The normalized spacial score (nSPS) is 14.8. The quantitative estimate of drug-likeness (QED) is 0.641. The first-order chi connectivity index (χ1) is 9.15. The van der Waals surface area contributed by atoms with Gasteiger partial charge in [-0.05, 0) is 17.7 Å². The number of anilines is 1. The highest BCUT2D eigenvalue weighted by Crippen LogP contribution is 2.18. The fourth-order valence-electron chi connectivity index (χ4n) is 1.81. The highest BCUT2D eigenvalue weighted by atomic mass is 16.3. The highest BCUT2D eigenvalue weighted by molar-refractivity contribution is 6.17. The van der Waals surface area contributed by atoms with Crippen LogP contribution in [0.1, 0.15) is 5.56 Å². The van der Waals surface area contributed by atoms with Crippen molar-refractivity contribution in [1.82, 2.24) is 4.90 Å². The van der Waals surface area contributed by atoms with Gasteiger partial charge in [-0.1, -0.05) is 12.1 Å². The molecular weight excluding hydrogens is 248 g/mol. The van der Waals surface area contributed by atoms with Crippen molar-refractivity contribution in [3.63, 3.8) is 0 Å². The zero-order valence-corrected chi connectivity index (χ0v) is 10.2. The van der Waals surface area contributed by atoms with Gasteiger partial charge in [0.1, 0.15) is 5.70 Å². The van der Waals surface area contributed by atoms with Crippen LogP contribution < -0.4 is 5.32 Å². The molecule has 6 nitrogen and oxygen atoms in total. The summed E-state index contributed by atoms with van der Waals surface area (Å²) in [4.78, 5) is 24.4. The molecule has 0 fully saturated rings. The molecule has 0 radical (unpaired) electrons. The average Bonchev–Trinajstić information content (AvgIpc) is 2.67. The second kappa shape index (κ2) is 5.64. The lowest BCUT2D eigenvalue weighted by atomic mass is 10.2. The molecule has 0 bridgehead atoms. The number of aliphatic hydroxyl groups is 2. The molecule has 1 aliphatic heterocycles. The Balaban J connectivity index is 2.13. The summed E-state index contributed by atoms with van der Waals surface area (Å²) < 4.78 is 0. The Hall–Kier alpha value is -2.18. The molecule has 1 aliphatic rings. The van der Waals surface area contributed by atoms with E-state index in [0.29, 0.717) is 11.3 Å². The zero-order valence-electron chi connectivity index (χ0n) is 10.2. The summed E-state index contributed by atoms with van der Waals surface area (Å²) in [5.74, 6) is -0.909. The molecule has 3 N–H and O–H groups in total. The van der Waals surface area contributed by atoms with E-state index in [1.54, 1.807) is 24.3 Å². The van der Waals surface area contributed by atoms with Gasteiger partial charge in [0.25, 0.3) is 11.8 Å². The standard InChI is InChI=1S/C13H14N2O4/c16-5-4-15-12(18)7-11(13(15)19)14-10-3-1-2-9(6-10)8-17/h1-3,6-7,14,16-17H,4-5,8H2. The molecule has 1 aromatic carbocycles. The van der Waals surface area contributed by atoms with Crippen molar-refractivity contribution >= 4 is 17.5 Å². The molecule has 0 aromatic heterocycles. The van der Waals surface area contributed by atoms with Gasteiger partial charge in [-0.3, -0.25) is 14.5 Å². The van der Waals surface area contributed by atoms with Crippen molar-refractivity contribution in [2.75, 3.05) is 18.5 Å². The maximum Gasteiger partial charge on any atom is 0.277 e. The fraction of sp³-hybridized carbons (Fsp3) is 0.231. The number of benzene rings is 1. The molecular formula is C13H14N2O4. The second-order valence-electron chi connectivity index (χ2n) is 4.06. The number of β-amino-alcohol motifs (C(OH)–C–C–N with tert-alkyl or cyclic N) is 1. The van der Waals surface area contributed by atoms with Gasteiger partial charge in [-0.15, -0.1) is 0 Å². The summed E-state index contributed by atoms with van der Waals surface area (Å²) in [7, 11) is 0. The van der Waals surface area contributed by atoms with Gasteiger partial charge in [0, 0.05) is 11.8 Å². The van der Waals surface area contributed by atoms with Crippen molar-refractivity contribution < 1.29 is 19.8 Å². The first-order valence-corrected chi connectivity index (χ1v) is 5.81. The van der Waals surface area contributed by atoms with E-state index in [9.17, 15) is 9.59 Å². The van der Waals surface area contributed by atoms with Gasteiger partial charge in [0.15, 0.2) is 0 Å². The molecule has 19 heavy (non-hydrogen) atoms. The predicted octanol–water partition coefficient (Wildman–Crippen LogP) is -0.164. The van der Waals surface area contributed by atoms with Gasteiger partial charge in [-0.25, -0.2) is 0 Å². The number of aliphatic hydroxyl groups excluding tert-OH is 2. The first kappa shape index (κ1) is 13.3. The third-order valence-corrected chi connectivity index (χ3v) is 2.72. The van der Waals surface area contributed by atoms with E-state index in [-0.39, 0.29) is 25.5 Å². The smallest absolute Gasteiger partial charge is 0.277 e.